The number of rotatable bonds is 2. The van der Waals surface area contributed by atoms with E-state index in [2.05, 4.69) is 10.6 Å². The molecule has 4 atom stereocenters. The van der Waals surface area contributed by atoms with E-state index in [1.807, 2.05) is 0 Å². The summed E-state index contributed by atoms with van der Waals surface area (Å²) in [6.45, 7) is 2.01. The van der Waals surface area contributed by atoms with E-state index in [1.54, 1.807) is 0 Å². The van der Waals surface area contributed by atoms with Crippen molar-refractivity contribution in [3.8, 4) is 0 Å². The van der Waals surface area contributed by atoms with Gasteiger partial charge in [0.05, 0.1) is 18.1 Å². The second-order valence-electron chi connectivity index (χ2n) is 5.27. The van der Waals surface area contributed by atoms with Gasteiger partial charge in [-0.25, -0.2) is 0 Å². The Hall–Kier alpha value is -0.320. The topological polar surface area (TPSA) is 50.4 Å². The minimum absolute atomic E-state index is 0. The van der Waals surface area contributed by atoms with E-state index in [9.17, 15) is 4.79 Å². The van der Waals surface area contributed by atoms with Crippen LogP contribution in [-0.4, -0.2) is 37.2 Å². The maximum absolute atomic E-state index is 12.1. The minimum atomic E-state index is 0. The number of fused-ring (bicyclic) bond motifs is 2. The third-order valence-electron chi connectivity index (χ3n) is 4.09. The molecule has 0 aliphatic carbocycles. The van der Waals surface area contributed by atoms with Crippen LogP contribution >= 0.6 is 12.4 Å². The van der Waals surface area contributed by atoms with Gasteiger partial charge in [-0.3, -0.25) is 4.79 Å². The number of nitrogens with one attached hydrogen (secondary N) is 2. The molecule has 3 fully saturated rings. The quantitative estimate of drug-likeness (QED) is 0.774. The van der Waals surface area contributed by atoms with Crippen molar-refractivity contribution in [1.29, 1.82) is 0 Å². The maximum Gasteiger partial charge on any atom is 0.226 e. The lowest BCUT2D eigenvalue weighted by Crippen LogP contribution is -2.48. The molecule has 3 saturated heterocycles. The highest BCUT2D eigenvalue weighted by atomic mass is 35.5. The highest BCUT2D eigenvalue weighted by Crippen LogP contribution is 2.38. The lowest BCUT2D eigenvalue weighted by Gasteiger charge is -2.26. The van der Waals surface area contributed by atoms with Gasteiger partial charge in [-0.2, -0.15) is 0 Å². The Balaban J connectivity index is 0.00000108. The van der Waals surface area contributed by atoms with Crippen LogP contribution in [0.4, 0.5) is 0 Å². The van der Waals surface area contributed by atoms with Crippen LogP contribution < -0.4 is 10.6 Å². The molecule has 0 spiro atoms. The number of ether oxygens (including phenoxy) is 1. The molecule has 3 aliphatic rings. The number of amides is 1. The fourth-order valence-electron chi connectivity index (χ4n) is 3.20. The Labute approximate surface area is 108 Å². The molecular weight excluding hydrogens is 240 g/mol. The van der Waals surface area contributed by atoms with Gasteiger partial charge >= 0.3 is 0 Å². The Morgan fingerprint density at radius 1 is 1.29 bits per heavy atom. The maximum atomic E-state index is 12.1. The van der Waals surface area contributed by atoms with E-state index in [0.717, 1.165) is 45.2 Å². The average Bonchev–Trinajstić information content (AvgIpc) is 2.92. The largest absolute Gasteiger partial charge is 0.374 e. The Morgan fingerprint density at radius 3 is 2.76 bits per heavy atom. The minimum Gasteiger partial charge on any atom is -0.374 e. The van der Waals surface area contributed by atoms with Crippen molar-refractivity contribution >= 4 is 18.3 Å². The second kappa shape index (κ2) is 5.55. The SMILES string of the molecule is Cl.O=C(N[C@H]1CCCNC1)C1CC2CCC1O2. The lowest BCUT2D eigenvalue weighted by atomic mass is 9.88. The van der Waals surface area contributed by atoms with Crippen molar-refractivity contribution in [2.45, 2.75) is 50.4 Å². The van der Waals surface area contributed by atoms with Gasteiger partial charge in [0.15, 0.2) is 0 Å². The molecule has 3 heterocycles. The fraction of sp³-hybridized carbons (Fsp3) is 0.917. The molecule has 3 rings (SSSR count). The number of hydrogen-bond donors (Lipinski definition) is 2. The van der Waals surface area contributed by atoms with Crippen molar-refractivity contribution in [3.63, 3.8) is 0 Å². The van der Waals surface area contributed by atoms with Gasteiger partial charge in [0.2, 0.25) is 5.91 Å². The average molecular weight is 261 g/mol. The summed E-state index contributed by atoms with van der Waals surface area (Å²) in [6.07, 6.45) is 6.02. The van der Waals surface area contributed by atoms with E-state index in [-0.39, 0.29) is 30.3 Å². The normalized spacial score (nSPS) is 39.8. The molecule has 2 N–H and O–H groups in total. The van der Waals surface area contributed by atoms with Crippen LogP contribution in [0, 0.1) is 5.92 Å². The van der Waals surface area contributed by atoms with Gasteiger partial charge in [0, 0.05) is 12.6 Å². The predicted molar refractivity (Wildman–Crippen MR) is 67.3 cm³/mol. The second-order valence-corrected chi connectivity index (χ2v) is 5.27. The molecule has 4 nitrogen and oxygen atoms in total. The molecule has 2 bridgehead atoms. The first-order chi connectivity index (χ1) is 7.83. The smallest absolute Gasteiger partial charge is 0.226 e. The summed E-state index contributed by atoms with van der Waals surface area (Å²) in [5, 5.41) is 6.48. The van der Waals surface area contributed by atoms with Gasteiger partial charge < -0.3 is 15.4 Å². The molecule has 0 saturated carbocycles. The highest BCUT2D eigenvalue weighted by Gasteiger charge is 2.44. The van der Waals surface area contributed by atoms with Gasteiger partial charge in [-0.05, 0) is 38.6 Å². The summed E-state index contributed by atoms with van der Waals surface area (Å²) in [4.78, 5) is 12.1. The van der Waals surface area contributed by atoms with Gasteiger partial charge in [-0.15, -0.1) is 12.4 Å². The summed E-state index contributed by atoms with van der Waals surface area (Å²) < 4.78 is 5.72. The van der Waals surface area contributed by atoms with Crippen molar-refractivity contribution in [3.05, 3.63) is 0 Å². The van der Waals surface area contributed by atoms with E-state index in [0.29, 0.717) is 12.1 Å². The van der Waals surface area contributed by atoms with Crippen LogP contribution in [0.3, 0.4) is 0 Å². The van der Waals surface area contributed by atoms with Crippen LogP contribution in [0.5, 0.6) is 0 Å². The molecule has 1 amide bonds. The highest BCUT2D eigenvalue weighted by molar-refractivity contribution is 5.85. The van der Waals surface area contributed by atoms with Crippen LogP contribution in [0.15, 0.2) is 0 Å². The first kappa shape index (κ1) is 13.1. The molecular formula is C12H21ClN2O2. The van der Waals surface area contributed by atoms with Crippen molar-refractivity contribution in [2.24, 2.45) is 5.92 Å². The van der Waals surface area contributed by atoms with Gasteiger partial charge in [-0.1, -0.05) is 0 Å². The summed E-state index contributed by atoms with van der Waals surface area (Å²) in [7, 11) is 0. The third-order valence-corrected chi connectivity index (χ3v) is 4.09. The molecule has 0 aromatic carbocycles. The summed E-state index contributed by atoms with van der Waals surface area (Å²) >= 11 is 0. The van der Waals surface area contributed by atoms with E-state index < -0.39 is 0 Å². The Morgan fingerprint density at radius 2 is 2.18 bits per heavy atom. The van der Waals surface area contributed by atoms with Gasteiger partial charge in [0.25, 0.3) is 0 Å². The van der Waals surface area contributed by atoms with Crippen LogP contribution in [0.25, 0.3) is 0 Å². The van der Waals surface area contributed by atoms with E-state index >= 15 is 0 Å². The van der Waals surface area contributed by atoms with E-state index in [1.165, 1.54) is 0 Å². The number of halogens is 1. The molecule has 3 unspecified atom stereocenters. The Bertz CT molecular complexity index is 282. The van der Waals surface area contributed by atoms with Crippen molar-refractivity contribution < 1.29 is 9.53 Å². The molecule has 5 heteroatoms. The molecule has 0 radical (unpaired) electrons. The fourth-order valence-corrected chi connectivity index (χ4v) is 3.20. The summed E-state index contributed by atoms with van der Waals surface area (Å²) in [6, 6.07) is 0.334. The number of piperidine rings is 1. The summed E-state index contributed by atoms with van der Waals surface area (Å²) in [5.74, 6) is 0.349. The monoisotopic (exact) mass is 260 g/mol. The number of hydrogen-bond acceptors (Lipinski definition) is 3. The predicted octanol–water partition coefficient (Wildman–Crippen LogP) is 0.844. The summed E-state index contributed by atoms with van der Waals surface area (Å²) in [5.41, 5.74) is 0. The zero-order valence-corrected chi connectivity index (χ0v) is 10.8. The third kappa shape index (κ3) is 2.75. The van der Waals surface area contributed by atoms with Crippen molar-refractivity contribution in [2.75, 3.05) is 13.1 Å². The lowest BCUT2D eigenvalue weighted by molar-refractivity contribution is -0.127. The van der Waals surface area contributed by atoms with Crippen LogP contribution in [0.2, 0.25) is 0 Å². The molecule has 0 aromatic rings. The first-order valence-corrected chi connectivity index (χ1v) is 6.49. The first-order valence-electron chi connectivity index (χ1n) is 6.49. The molecule has 0 aromatic heterocycles. The van der Waals surface area contributed by atoms with Crippen LogP contribution in [0.1, 0.15) is 32.1 Å². The molecule has 17 heavy (non-hydrogen) atoms. The Kier molecular flexibility index (Phi) is 4.28. The van der Waals surface area contributed by atoms with E-state index in [4.69, 9.17) is 4.74 Å². The zero-order chi connectivity index (χ0) is 11.0. The van der Waals surface area contributed by atoms with Crippen molar-refractivity contribution in [1.82, 2.24) is 10.6 Å². The number of carbonyl (C=O) groups excluding carboxylic acids is 1. The number of carbonyl (C=O) groups is 1. The zero-order valence-electron chi connectivity index (χ0n) is 9.98. The molecule has 98 valence electrons. The standard InChI is InChI=1S/C12H20N2O2.ClH/c15-12(14-8-2-1-5-13-7-8)10-6-9-3-4-11(10)16-9;/h8-11,13H,1-7H2,(H,14,15);1H/t8-,9?,10?,11?;/m0./s1. The van der Waals surface area contributed by atoms with Gasteiger partial charge in [0.1, 0.15) is 0 Å². The van der Waals surface area contributed by atoms with Crippen LogP contribution in [-0.2, 0) is 9.53 Å². The molecule has 3 aliphatic heterocycles.